The van der Waals surface area contributed by atoms with Gasteiger partial charge in [-0.1, -0.05) is 29.8 Å². The van der Waals surface area contributed by atoms with Crippen LogP contribution in [0.25, 0.3) is 0 Å². The zero-order valence-corrected chi connectivity index (χ0v) is 12.3. The van der Waals surface area contributed by atoms with Gasteiger partial charge >= 0.3 is 0 Å². The summed E-state index contributed by atoms with van der Waals surface area (Å²) < 4.78 is 0. The third kappa shape index (κ3) is 3.11. The molecule has 0 unspecified atom stereocenters. The lowest BCUT2D eigenvalue weighted by atomic mass is 10.2. The molecule has 1 aliphatic rings. The number of aromatic nitrogens is 1. The maximum atomic E-state index is 6.23. The Labute approximate surface area is 124 Å². The van der Waals surface area contributed by atoms with Crippen LogP contribution >= 0.6 is 11.6 Å². The maximum absolute atomic E-state index is 6.23. The first kappa shape index (κ1) is 13.4. The van der Waals surface area contributed by atoms with Gasteiger partial charge in [-0.2, -0.15) is 0 Å². The van der Waals surface area contributed by atoms with Crippen molar-refractivity contribution in [2.75, 3.05) is 11.9 Å². The number of benzene rings is 1. The number of rotatable bonds is 5. The Hall–Kier alpha value is -1.58. The molecule has 4 heteroatoms. The van der Waals surface area contributed by atoms with E-state index in [0.717, 1.165) is 28.6 Å². The number of anilines is 2. The highest BCUT2D eigenvalue weighted by Gasteiger charge is 2.20. The van der Waals surface area contributed by atoms with Crippen molar-refractivity contribution in [2.24, 2.45) is 0 Å². The lowest BCUT2D eigenvalue weighted by Crippen LogP contribution is -2.17. The molecule has 0 spiro atoms. The summed E-state index contributed by atoms with van der Waals surface area (Å²) in [5, 5.41) is 4.21. The van der Waals surface area contributed by atoms with Crippen LogP contribution in [0, 0.1) is 0 Å². The van der Waals surface area contributed by atoms with Gasteiger partial charge in [0.1, 0.15) is 5.82 Å². The number of nitrogens with zero attached hydrogens (tertiary/aromatic N) is 2. The molecule has 1 saturated carbocycles. The van der Waals surface area contributed by atoms with Gasteiger partial charge in [-0.05, 0) is 36.6 Å². The zero-order valence-electron chi connectivity index (χ0n) is 11.5. The maximum Gasteiger partial charge on any atom is 0.133 e. The molecule has 0 bridgehead atoms. The Morgan fingerprint density at radius 1 is 1.30 bits per heavy atom. The summed E-state index contributed by atoms with van der Waals surface area (Å²) in [4.78, 5) is 6.49. The van der Waals surface area contributed by atoms with Crippen LogP contribution in [0.3, 0.4) is 0 Å². The molecule has 3 nitrogen and oxygen atoms in total. The van der Waals surface area contributed by atoms with Crippen LogP contribution in [0.4, 0.5) is 11.5 Å². The van der Waals surface area contributed by atoms with E-state index in [1.807, 2.05) is 25.2 Å². The van der Waals surface area contributed by atoms with Crippen molar-refractivity contribution in [3.05, 3.63) is 53.2 Å². The van der Waals surface area contributed by atoms with Crippen molar-refractivity contribution in [2.45, 2.75) is 25.4 Å². The van der Waals surface area contributed by atoms with Gasteiger partial charge in [-0.15, -0.1) is 0 Å². The van der Waals surface area contributed by atoms with Gasteiger partial charge in [0.05, 0.1) is 5.02 Å². The molecule has 0 amide bonds. The van der Waals surface area contributed by atoms with Crippen LogP contribution in [0.2, 0.25) is 5.02 Å². The summed E-state index contributed by atoms with van der Waals surface area (Å²) in [6, 6.07) is 12.9. The number of hydrogen-bond donors (Lipinski definition) is 1. The van der Waals surface area contributed by atoms with Crippen LogP contribution < -0.4 is 10.2 Å². The van der Waals surface area contributed by atoms with Crippen molar-refractivity contribution in [1.82, 2.24) is 10.3 Å². The average molecular weight is 288 g/mol. The number of para-hydroxylation sites is 1. The topological polar surface area (TPSA) is 28.2 Å². The van der Waals surface area contributed by atoms with Gasteiger partial charge in [-0.25, -0.2) is 4.98 Å². The van der Waals surface area contributed by atoms with Gasteiger partial charge in [-0.3, -0.25) is 0 Å². The van der Waals surface area contributed by atoms with Crippen LogP contribution in [0.15, 0.2) is 42.6 Å². The standard InChI is InChI=1S/C16H18ClN3/c1-20(14-5-3-2-4-6-14)16-9-12(15(17)11-19-16)10-18-13-7-8-13/h2-6,9,11,13,18H,7-8,10H2,1H3. The highest BCUT2D eigenvalue weighted by molar-refractivity contribution is 6.31. The van der Waals surface area contributed by atoms with E-state index in [4.69, 9.17) is 11.6 Å². The fourth-order valence-electron chi connectivity index (χ4n) is 2.11. The summed E-state index contributed by atoms with van der Waals surface area (Å²) in [6.07, 6.45) is 4.29. The predicted molar refractivity (Wildman–Crippen MR) is 83.6 cm³/mol. The monoisotopic (exact) mass is 287 g/mol. The highest BCUT2D eigenvalue weighted by Crippen LogP contribution is 2.26. The molecule has 0 aliphatic heterocycles. The summed E-state index contributed by atoms with van der Waals surface area (Å²) in [7, 11) is 2.02. The largest absolute Gasteiger partial charge is 0.329 e. The van der Waals surface area contributed by atoms with E-state index in [9.17, 15) is 0 Å². The second-order valence-electron chi connectivity index (χ2n) is 5.18. The summed E-state index contributed by atoms with van der Waals surface area (Å²) in [6.45, 7) is 0.807. The van der Waals surface area contributed by atoms with Crippen LogP contribution in [0.1, 0.15) is 18.4 Å². The Balaban J connectivity index is 1.80. The van der Waals surface area contributed by atoms with Crippen molar-refractivity contribution in [3.8, 4) is 0 Å². The van der Waals surface area contributed by atoms with Gasteiger partial charge in [0.2, 0.25) is 0 Å². The molecule has 0 radical (unpaired) electrons. The molecule has 1 aliphatic carbocycles. The Morgan fingerprint density at radius 2 is 2.05 bits per heavy atom. The quantitative estimate of drug-likeness (QED) is 0.908. The van der Waals surface area contributed by atoms with Gasteiger partial charge in [0, 0.05) is 31.5 Å². The molecular weight excluding hydrogens is 270 g/mol. The van der Waals surface area contributed by atoms with E-state index >= 15 is 0 Å². The SMILES string of the molecule is CN(c1ccccc1)c1cc(CNC2CC2)c(Cl)cn1. The molecule has 1 aromatic heterocycles. The van der Waals surface area contributed by atoms with Crippen molar-refractivity contribution >= 4 is 23.1 Å². The first-order valence-electron chi connectivity index (χ1n) is 6.90. The van der Waals surface area contributed by atoms with Crippen molar-refractivity contribution in [3.63, 3.8) is 0 Å². The third-order valence-electron chi connectivity index (χ3n) is 3.57. The predicted octanol–water partition coefficient (Wildman–Crippen LogP) is 3.75. The zero-order chi connectivity index (χ0) is 13.9. The second kappa shape index (κ2) is 5.81. The normalized spacial score (nSPS) is 14.3. The molecular formula is C16H18ClN3. The summed E-state index contributed by atoms with van der Waals surface area (Å²) in [5.74, 6) is 0.910. The molecule has 1 heterocycles. The van der Waals surface area contributed by atoms with E-state index in [2.05, 4.69) is 33.4 Å². The molecule has 1 aromatic carbocycles. The molecule has 20 heavy (non-hydrogen) atoms. The van der Waals surface area contributed by atoms with Crippen molar-refractivity contribution < 1.29 is 0 Å². The van der Waals surface area contributed by atoms with E-state index in [1.54, 1.807) is 6.20 Å². The molecule has 2 aromatic rings. The third-order valence-corrected chi connectivity index (χ3v) is 3.91. The molecule has 0 atom stereocenters. The number of halogens is 1. The average Bonchev–Trinajstić information content (AvgIpc) is 3.31. The molecule has 1 fully saturated rings. The number of pyridine rings is 1. The minimum Gasteiger partial charge on any atom is -0.329 e. The van der Waals surface area contributed by atoms with E-state index in [0.29, 0.717) is 6.04 Å². The van der Waals surface area contributed by atoms with Gasteiger partial charge in [0.15, 0.2) is 0 Å². The minimum atomic E-state index is 0.675. The van der Waals surface area contributed by atoms with E-state index < -0.39 is 0 Å². The highest BCUT2D eigenvalue weighted by atomic mass is 35.5. The molecule has 104 valence electrons. The van der Waals surface area contributed by atoms with Crippen LogP contribution in [-0.2, 0) is 6.54 Å². The Morgan fingerprint density at radius 3 is 2.75 bits per heavy atom. The van der Waals surface area contributed by atoms with Crippen molar-refractivity contribution in [1.29, 1.82) is 0 Å². The Kier molecular flexibility index (Phi) is 3.90. The fourth-order valence-corrected chi connectivity index (χ4v) is 2.28. The first-order chi connectivity index (χ1) is 9.74. The number of nitrogens with one attached hydrogen (secondary N) is 1. The van der Waals surface area contributed by atoms with Crippen LogP contribution in [-0.4, -0.2) is 18.1 Å². The molecule has 0 saturated heterocycles. The van der Waals surface area contributed by atoms with E-state index in [1.165, 1.54) is 12.8 Å². The summed E-state index contributed by atoms with van der Waals surface area (Å²) >= 11 is 6.23. The van der Waals surface area contributed by atoms with Gasteiger partial charge < -0.3 is 10.2 Å². The lowest BCUT2D eigenvalue weighted by Gasteiger charge is -2.19. The first-order valence-corrected chi connectivity index (χ1v) is 7.28. The fraction of sp³-hybridized carbons (Fsp3) is 0.312. The minimum absolute atomic E-state index is 0.675. The van der Waals surface area contributed by atoms with E-state index in [-0.39, 0.29) is 0 Å². The Bertz CT molecular complexity index is 582. The smallest absolute Gasteiger partial charge is 0.133 e. The molecule has 1 N–H and O–H groups in total. The summed E-state index contributed by atoms with van der Waals surface area (Å²) in [5.41, 5.74) is 2.22. The number of hydrogen-bond acceptors (Lipinski definition) is 3. The van der Waals surface area contributed by atoms with Crippen LogP contribution in [0.5, 0.6) is 0 Å². The van der Waals surface area contributed by atoms with Gasteiger partial charge in [0.25, 0.3) is 0 Å². The lowest BCUT2D eigenvalue weighted by molar-refractivity contribution is 0.687. The molecule has 3 rings (SSSR count). The second-order valence-corrected chi connectivity index (χ2v) is 5.59.